The van der Waals surface area contributed by atoms with E-state index in [0.29, 0.717) is 0 Å². The lowest BCUT2D eigenvalue weighted by molar-refractivity contribution is -0.105. The second-order valence-electron chi connectivity index (χ2n) is 3.13. The molecular weight excluding hydrogens is 331 g/mol. The van der Waals surface area contributed by atoms with Gasteiger partial charge in [0.25, 0.3) is 0 Å². The maximum absolute atomic E-state index is 10.7. The first-order chi connectivity index (χ1) is 8.17. The first-order valence-electron chi connectivity index (χ1n) is 4.93. The molecule has 0 unspecified atom stereocenters. The van der Waals surface area contributed by atoms with Crippen LogP contribution < -0.4 is 9.47 Å². The van der Waals surface area contributed by atoms with Crippen LogP contribution in [0, 0.1) is 0 Å². The molecule has 0 heterocycles. The number of rotatable bonds is 5. The summed E-state index contributed by atoms with van der Waals surface area (Å²) in [6, 6.07) is 5.57. The molecule has 90 valence electrons. The van der Waals surface area contributed by atoms with E-state index >= 15 is 0 Å². The highest BCUT2D eigenvalue weighted by molar-refractivity contribution is 14.1. The zero-order valence-corrected chi connectivity index (χ0v) is 11.8. The average molecular weight is 344 g/mol. The van der Waals surface area contributed by atoms with E-state index in [9.17, 15) is 4.79 Å². The molecule has 4 heteroatoms. The van der Waals surface area contributed by atoms with E-state index in [-0.39, 0.29) is 3.79 Å². The van der Waals surface area contributed by atoms with Crippen LogP contribution in [0.3, 0.4) is 0 Å². The topological polar surface area (TPSA) is 35.5 Å². The number of methoxy groups -OCH3 is 2. The molecule has 0 aliphatic rings. The summed E-state index contributed by atoms with van der Waals surface area (Å²) in [5.74, 6) is 1.48. The average Bonchev–Trinajstić information content (AvgIpc) is 2.34. The fourth-order valence-electron chi connectivity index (χ4n) is 1.25. The van der Waals surface area contributed by atoms with Crippen molar-refractivity contribution < 1.29 is 14.3 Å². The molecule has 0 N–H and O–H groups in total. The number of halogens is 1. The third-order valence-electron chi connectivity index (χ3n) is 2.05. The summed E-state index contributed by atoms with van der Waals surface area (Å²) in [5, 5.41) is 0. The van der Waals surface area contributed by atoms with Crippen LogP contribution in [0.1, 0.15) is 5.56 Å². The van der Waals surface area contributed by atoms with Gasteiger partial charge in [-0.15, -0.1) is 0 Å². The molecule has 0 spiro atoms. The summed E-state index contributed by atoms with van der Waals surface area (Å²) < 4.78 is 10.3. The summed E-state index contributed by atoms with van der Waals surface area (Å²) in [6.45, 7) is 0. The molecule has 1 aromatic rings. The molecule has 0 atom stereocenters. The van der Waals surface area contributed by atoms with Gasteiger partial charge in [0.15, 0.2) is 0 Å². The Balaban J connectivity index is 2.87. The van der Waals surface area contributed by atoms with Crippen molar-refractivity contribution in [3.05, 3.63) is 42.0 Å². The largest absolute Gasteiger partial charge is 0.497 e. The van der Waals surface area contributed by atoms with E-state index in [4.69, 9.17) is 9.47 Å². The van der Waals surface area contributed by atoms with Crippen molar-refractivity contribution in [1.29, 1.82) is 0 Å². The second-order valence-corrected chi connectivity index (χ2v) is 4.19. The molecule has 0 aliphatic carbocycles. The number of allylic oxidation sites excluding steroid dienone is 3. The molecule has 1 rings (SSSR count). The summed E-state index contributed by atoms with van der Waals surface area (Å²) in [6.07, 6.45) is 6.85. The Morgan fingerprint density at radius 3 is 2.59 bits per heavy atom. The predicted molar refractivity (Wildman–Crippen MR) is 76.7 cm³/mol. The van der Waals surface area contributed by atoms with Gasteiger partial charge in [-0.1, -0.05) is 18.2 Å². The number of hydrogen-bond acceptors (Lipinski definition) is 3. The zero-order valence-electron chi connectivity index (χ0n) is 9.64. The summed E-state index contributed by atoms with van der Waals surface area (Å²) in [5.41, 5.74) is 0.929. The van der Waals surface area contributed by atoms with E-state index in [2.05, 4.69) is 0 Å². The maximum Gasteiger partial charge on any atom is 0.215 e. The van der Waals surface area contributed by atoms with E-state index in [0.717, 1.165) is 17.1 Å². The minimum Gasteiger partial charge on any atom is -0.497 e. The van der Waals surface area contributed by atoms with Gasteiger partial charge >= 0.3 is 0 Å². The van der Waals surface area contributed by atoms with Crippen LogP contribution in [0.4, 0.5) is 0 Å². The number of carbonyl (C=O) groups excluding carboxylic acids is 1. The maximum atomic E-state index is 10.7. The molecule has 0 amide bonds. The number of hydrogen-bond donors (Lipinski definition) is 0. The highest BCUT2D eigenvalue weighted by atomic mass is 127. The molecule has 0 aliphatic heterocycles. The molecule has 0 saturated carbocycles. The van der Waals surface area contributed by atoms with Gasteiger partial charge in [-0.25, -0.2) is 0 Å². The predicted octanol–water partition coefficient (Wildman–Crippen LogP) is 3.23. The molecule has 0 fully saturated rings. The standard InChI is InChI=1S/C13H13IO3/c1-16-11-8-7-10(12(9-11)17-2)5-3-4-6-13(14)15/h3-9H,1-2H3/b5-3+,6-4+. The Labute approximate surface area is 114 Å². The first-order valence-corrected chi connectivity index (χ1v) is 6.01. The minimum atomic E-state index is -0.00561. The lowest BCUT2D eigenvalue weighted by Gasteiger charge is -2.06. The van der Waals surface area contributed by atoms with Gasteiger partial charge in [0.1, 0.15) is 11.5 Å². The molecule has 0 saturated heterocycles. The quantitative estimate of drug-likeness (QED) is 0.356. The molecule has 0 radical (unpaired) electrons. The van der Waals surface area contributed by atoms with Crippen molar-refractivity contribution in [3.8, 4) is 11.5 Å². The molecular formula is C13H13IO3. The summed E-state index contributed by atoms with van der Waals surface area (Å²) in [7, 11) is 3.22. The Morgan fingerprint density at radius 2 is 2.00 bits per heavy atom. The van der Waals surface area contributed by atoms with Gasteiger partial charge in [-0.3, -0.25) is 4.79 Å². The van der Waals surface area contributed by atoms with Crippen LogP contribution >= 0.6 is 22.6 Å². The number of ether oxygens (including phenoxy) is 2. The third kappa shape index (κ3) is 4.60. The van der Waals surface area contributed by atoms with E-state index < -0.39 is 0 Å². The highest BCUT2D eigenvalue weighted by Gasteiger charge is 2.00. The smallest absolute Gasteiger partial charge is 0.215 e. The SMILES string of the molecule is COc1ccc(/C=C/C=C/C(=O)I)c(OC)c1. The fourth-order valence-corrected chi connectivity index (χ4v) is 1.45. The van der Waals surface area contributed by atoms with Crippen molar-refractivity contribution in [2.75, 3.05) is 14.2 Å². The van der Waals surface area contributed by atoms with Crippen molar-refractivity contribution in [2.45, 2.75) is 0 Å². The normalized spacial score (nSPS) is 11.0. The lowest BCUT2D eigenvalue weighted by atomic mass is 10.1. The van der Waals surface area contributed by atoms with E-state index in [1.807, 2.05) is 24.3 Å². The van der Waals surface area contributed by atoms with Crippen LogP contribution in [0.2, 0.25) is 0 Å². The van der Waals surface area contributed by atoms with Gasteiger partial charge in [-0.05, 0) is 18.2 Å². The van der Waals surface area contributed by atoms with Crippen LogP contribution in [0.5, 0.6) is 11.5 Å². The van der Waals surface area contributed by atoms with Crippen molar-refractivity contribution in [2.24, 2.45) is 0 Å². The molecule has 0 bridgehead atoms. The second kappa shape index (κ2) is 7.11. The van der Waals surface area contributed by atoms with Gasteiger partial charge in [0.05, 0.1) is 14.2 Å². The van der Waals surface area contributed by atoms with Crippen molar-refractivity contribution >= 4 is 32.5 Å². The van der Waals surface area contributed by atoms with Crippen LogP contribution in [0.25, 0.3) is 6.08 Å². The number of benzene rings is 1. The zero-order chi connectivity index (χ0) is 12.7. The molecule has 0 aromatic heterocycles. The van der Waals surface area contributed by atoms with Crippen LogP contribution in [-0.2, 0) is 4.79 Å². The Kier molecular flexibility index (Phi) is 5.76. The monoisotopic (exact) mass is 344 g/mol. The summed E-state index contributed by atoms with van der Waals surface area (Å²) in [4.78, 5) is 10.7. The van der Waals surface area contributed by atoms with Crippen LogP contribution in [-0.4, -0.2) is 18.0 Å². The van der Waals surface area contributed by atoms with Crippen molar-refractivity contribution in [3.63, 3.8) is 0 Å². The fraction of sp³-hybridized carbons (Fsp3) is 0.154. The van der Waals surface area contributed by atoms with E-state index in [1.54, 1.807) is 49.0 Å². The van der Waals surface area contributed by atoms with Gasteiger partial charge in [0, 0.05) is 34.2 Å². The minimum absolute atomic E-state index is 0.00561. The van der Waals surface area contributed by atoms with Gasteiger partial charge < -0.3 is 9.47 Å². The van der Waals surface area contributed by atoms with Gasteiger partial charge in [0.2, 0.25) is 3.79 Å². The first kappa shape index (κ1) is 13.8. The number of carbonyl (C=O) groups is 1. The van der Waals surface area contributed by atoms with Crippen molar-refractivity contribution in [1.82, 2.24) is 0 Å². The molecule has 17 heavy (non-hydrogen) atoms. The summed E-state index contributed by atoms with van der Waals surface area (Å²) >= 11 is 1.72. The van der Waals surface area contributed by atoms with Crippen LogP contribution in [0.15, 0.2) is 36.4 Å². The Morgan fingerprint density at radius 1 is 1.24 bits per heavy atom. The highest BCUT2D eigenvalue weighted by Crippen LogP contribution is 2.25. The molecule has 1 aromatic carbocycles. The Hall–Kier alpha value is -1.30. The Bertz CT molecular complexity index is 450. The third-order valence-corrected chi connectivity index (χ3v) is 2.41. The lowest BCUT2D eigenvalue weighted by Crippen LogP contribution is -1.89. The van der Waals surface area contributed by atoms with E-state index in [1.165, 1.54) is 6.08 Å². The van der Waals surface area contributed by atoms with Gasteiger partial charge in [-0.2, -0.15) is 0 Å². The molecule has 3 nitrogen and oxygen atoms in total.